The lowest BCUT2D eigenvalue weighted by Gasteiger charge is -2.20. The summed E-state index contributed by atoms with van der Waals surface area (Å²) < 4.78 is 5.51. The number of hydrogen-bond acceptors (Lipinski definition) is 3. The van der Waals surface area contributed by atoms with E-state index in [1.54, 1.807) is 0 Å². The Morgan fingerprint density at radius 2 is 1.93 bits per heavy atom. The van der Waals surface area contributed by atoms with Gasteiger partial charge in [0.15, 0.2) is 0 Å². The molecule has 0 bridgehead atoms. The SMILES string of the molecule is CC(C)COCCN(C)CC(C)CN. The quantitative estimate of drug-likeness (QED) is 0.601. The molecular formula is C11H26N2O. The molecule has 0 fully saturated rings. The minimum absolute atomic E-state index is 0.574. The second-order valence-electron chi connectivity index (χ2n) is 4.57. The van der Waals surface area contributed by atoms with Gasteiger partial charge in [0.25, 0.3) is 0 Å². The van der Waals surface area contributed by atoms with Crippen LogP contribution >= 0.6 is 0 Å². The monoisotopic (exact) mass is 202 g/mol. The molecule has 0 radical (unpaired) electrons. The highest BCUT2D eigenvalue weighted by atomic mass is 16.5. The molecule has 0 aromatic carbocycles. The molecule has 0 aliphatic heterocycles. The lowest BCUT2D eigenvalue weighted by atomic mass is 10.2. The zero-order chi connectivity index (χ0) is 11.0. The predicted molar refractivity (Wildman–Crippen MR) is 61.4 cm³/mol. The van der Waals surface area contributed by atoms with Crippen molar-refractivity contribution in [1.29, 1.82) is 0 Å². The van der Waals surface area contributed by atoms with E-state index in [1.165, 1.54) is 0 Å². The lowest BCUT2D eigenvalue weighted by molar-refractivity contribution is 0.0888. The van der Waals surface area contributed by atoms with Crippen molar-refractivity contribution in [2.24, 2.45) is 17.6 Å². The highest BCUT2D eigenvalue weighted by Crippen LogP contribution is 1.96. The summed E-state index contributed by atoms with van der Waals surface area (Å²) in [6.45, 7) is 11.0. The predicted octanol–water partition coefficient (Wildman–Crippen LogP) is 1.19. The molecule has 0 aromatic rings. The molecule has 0 heterocycles. The molecule has 3 nitrogen and oxygen atoms in total. The van der Waals surface area contributed by atoms with Crippen molar-refractivity contribution in [2.45, 2.75) is 20.8 Å². The van der Waals surface area contributed by atoms with Crippen LogP contribution in [0.5, 0.6) is 0 Å². The average molecular weight is 202 g/mol. The summed E-state index contributed by atoms with van der Waals surface area (Å²) in [7, 11) is 2.12. The Bertz CT molecular complexity index is 128. The van der Waals surface area contributed by atoms with Gasteiger partial charge in [0.1, 0.15) is 0 Å². The van der Waals surface area contributed by atoms with Crippen molar-refractivity contribution in [3.63, 3.8) is 0 Å². The fourth-order valence-electron chi connectivity index (χ4n) is 1.24. The molecule has 0 aliphatic carbocycles. The van der Waals surface area contributed by atoms with Crippen LogP contribution in [0.15, 0.2) is 0 Å². The zero-order valence-corrected chi connectivity index (χ0v) is 10.1. The van der Waals surface area contributed by atoms with E-state index in [0.29, 0.717) is 11.8 Å². The van der Waals surface area contributed by atoms with Crippen molar-refractivity contribution in [2.75, 3.05) is 39.9 Å². The maximum atomic E-state index is 5.56. The fraction of sp³-hybridized carbons (Fsp3) is 1.00. The minimum Gasteiger partial charge on any atom is -0.380 e. The first-order chi connectivity index (χ1) is 6.56. The van der Waals surface area contributed by atoms with Crippen LogP contribution < -0.4 is 5.73 Å². The zero-order valence-electron chi connectivity index (χ0n) is 10.1. The summed E-state index contributed by atoms with van der Waals surface area (Å²) in [6, 6.07) is 0. The smallest absolute Gasteiger partial charge is 0.0593 e. The third-order valence-electron chi connectivity index (χ3n) is 2.09. The number of rotatable bonds is 8. The molecule has 0 aromatic heterocycles. The third-order valence-corrected chi connectivity index (χ3v) is 2.09. The normalized spacial score (nSPS) is 13.9. The molecule has 0 rings (SSSR count). The molecule has 1 atom stereocenters. The first kappa shape index (κ1) is 13.9. The van der Waals surface area contributed by atoms with Crippen LogP contribution in [0, 0.1) is 11.8 Å². The second-order valence-corrected chi connectivity index (χ2v) is 4.57. The van der Waals surface area contributed by atoms with E-state index in [-0.39, 0.29) is 0 Å². The highest BCUT2D eigenvalue weighted by Gasteiger charge is 2.04. The maximum absolute atomic E-state index is 5.56. The van der Waals surface area contributed by atoms with Crippen LogP contribution in [0.25, 0.3) is 0 Å². The largest absolute Gasteiger partial charge is 0.380 e. The number of nitrogens with two attached hydrogens (primary N) is 1. The van der Waals surface area contributed by atoms with Crippen LogP contribution in [-0.2, 0) is 4.74 Å². The van der Waals surface area contributed by atoms with Crippen molar-refractivity contribution in [3.05, 3.63) is 0 Å². The Kier molecular flexibility index (Phi) is 8.14. The van der Waals surface area contributed by atoms with E-state index < -0.39 is 0 Å². The van der Waals surface area contributed by atoms with Crippen LogP contribution in [-0.4, -0.2) is 44.8 Å². The van der Waals surface area contributed by atoms with Gasteiger partial charge in [-0.2, -0.15) is 0 Å². The van der Waals surface area contributed by atoms with E-state index in [1.807, 2.05) is 0 Å². The number of nitrogens with zero attached hydrogens (tertiary/aromatic N) is 1. The van der Waals surface area contributed by atoms with E-state index in [2.05, 4.69) is 32.7 Å². The molecule has 3 heteroatoms. The Morgan fingerprint density at radius 3 is 2.43 bits per heavy atom. The van der Waals surface area contributed by atoms with Gasteiger partial charge in [-0.15, -0.1) is 0 Å². The second kappa shape index (κ2) is 8.21. The molecule has 0 amide bonds. The van der Waals surface area contributed by atoms with Crippen LogP contribution in [0.2, 0.25) is 0 Å². The first-order valence-corrected chi connectivity index (χ1v) is 5.52. The molecule has 1 unspecified atom stereocenters. The van der Waals surface area contributed by atoms with Crippen LogP contribution in [0.3, 0.4) is 0 Å². The van der Waals surface area contributed by atoms with Gasteiger partial charge in [-0.1, -0.05) is 20.8 Å². The molecule has 0 saturated heterocycles. The van der Waals surface area contributed by atoms with Gasteiger partial charge in [-0.3, -0.25) is 0 Å². The first-order valence-electron chi connectivity index (χ1n) is 5.52. The van der Waals surface area contributed by atoms with Crippen molar-refractivity contribution < 1.29 is 4.74 Å². The lowest BCUT2D eigenvalue weighted by Crippen LogP contribution is -2.31. The summed E-state index contributed by atoms with van der Waals surface area (Å²) in [6.07, 6.45) is 0. The molecule has 0 saturated carbocycles. The molecule has 86 valence electrons. The summed E-state index contributed by atoms with van der Waals surface area (Å²) in [5.74, 6) is 1.20. The minimum atomic E-state index is 0.574. The molecule has 0 aliphatic rings. The van der Waals surface area contributed by atoms with Crippen molar-refractivity contribution in [3.8, 4) is 0 Å². The summed E-state index contributed by atoms with van der Waals surface area (Å²) in [4.78, 5) is 2.28. The summed E-state index contributed by atoms with van der Waals surface area (Å²) in [5.41, 5.74) is 5.56. The molecule has 2 N–H and O–H groups in total. The van der Waals surface area contributed by atoms with E-state index in [4.69, 9.17) is 10.5 Å². The summed E-state index contributed by atoms with van der Waals surface area (Å²) >= 11 is 0. The number of likely N-dealkylation sites (N-methyl/N-ethyl adjacent to an activating group) is 1. The summed E-state index contributed by atoms with van der Waals surface area (Å²) in [5, 5.41) is 0. The third kappa shape index (κ3) is 8.48. The highest BCUT2D eigenvalue weighted by molar-refractivity contribution is 4.59. The number of hydrogen-bond donors (Lipinski definition) is 1. The van der Waals surface area contributed by atoms with E-state index in [0.717, 1.165) is 32.8 Å². The van der Waals surface area contributed by atoms with Crippen LogP contribution in [0.4, 0.5) is 0 Å². The van der Waals surface area contributed by atoms with Gasteiger partial charge < -0.3 is 15.4 Å². The average Bonchev–Trinajstić information content (AvgIpc) is 2.12. The van der Waals surface area contributed by atoms with Gasteiger partial charge in [-0.25, -0.2) is 0 Å². The van der Waals surface area contributed by atoms with E-state index >= 15 is 0 Å². The van der Waals surface area contributed by atoms with Gasteiger partial charge in [-0.05, 0) is 25.4 Å². The Hall–Kier alpha value is -0.120. The van der Waals surface area contributed by atoms with Crippen molar-refractivity contribution in [1.82, 2.24) is 4.90 Å². The topological polar surface area (TPSA) is 38.5 Å². The number of ether oxygens (including phenoxy) is 1. The Morgan fingerprint density at radius 1 is 1.29 bits per heavy atom. The Labute approximate surface area is 88.6 Å². The Balaban J connectivity index is 3.30. The van der Waals surface area contributed by atoms with Crippen molar-refractivity contribution >= 4 is 0 Å². The maximum Gasteiger partial charge on any atom is 0.0593 e. The van der Waals surface area contributed by atoms with Crippen LogP contribution in [0.1, 0.15) is 20.8 Å². The van der Waals surface area contributed by atoms with Gasteiger partial charge in [0.2, 0.25) is 0 Å². The fourth-order valence-corrected chi connectivity index (χ4v) is 1.24. The van der Waals surface area contributed by atoms with Gasteiger partial charge >= 0.3 is 0 Å². The standard InChI is InChI=1S/C11H26N2O/c1-10(2)9-14-6-5-13(4)8-11(3)7-12/h10-11H,5-9,12H2,1-4H3. The van der Waals surface area contributed by atoms with E-state index in [9.17, 15) is 0 Å². The van der Waals surface area contributed by atoms with Gasteiger partial charge in [0, 0.05) is 19.7 Å². The molecular weight excluding hydrogens is 176 g/mol. The van der Waals surface area contributed by atoms with Gasteiger partial charge in [0.05, 0.1) is 6.61 Å². The molecule has 14 heavy (non-hydrogen) atoms. The molecule has 0 spiro atoms.